The molecule has 1 aromatic carbocycles. The van der Waals surface area contributed by atoms with E-state index in [1.807, 2.05) is 0 Å². The van der Waals surface area contributed by atoms with E-state index >= 15 is 0 Å². The number of hydrogen-bond donors (Lipinski definition) is 1. The maximum absolute atomic E-state index is 11.5. The quantitative estimate of drug-likeness (QED) is 0.792. The lowest BCUT2D eigenvalue weighted by atomic mass is 10.2. The Labute approximate surface area is 133 Å². The molecule has 2 aromatic rings. The molecule has 0 spiro atoms. The smallest absolute Gasteiger partial charge is 0.230 e. The Hall–Kier alpha value is -1.59. The summed E-state index contributed by atoms with van der Waals surface area (Å²) in [6, 6.07) is 8.37. The van der Waals surface area contributed by atoms with Crippen molar-refractivity contribution in [2.24, 2.45) is 0 Å². The average Bonchev–Trinajstić information content (AvgIpc) is 2.95. The Bertz CT molecular complexity index is 605. The van der Waals surface area contributed by atoms with Crippen LogP contribution in [-0.4, -0.2) is 23.2 Å². The van der Waals surface area contributed by atoms with E-state index in [2.05, 4.69) is 53.4 Å². The van der Waals surface area contributed by atoms with Gasteiger partial charge in [-0.3, -0.25) is 4.79 Å². The van der Waals surface area contributed by atoms with Crippen LogP contribution in [0.3, 0.4) is 0 Å². The maximum Gasteiger partial charge on any atom is 0.230 e. The summed E-state index contributed by atoms with van der Waals surface area (Å²) in [6.07, 6.45) is 1.68. The highest BCUT2D eigenvalue weighted by Crippen LogP contribution is 2.25. The summed E-state index contributed by atoms with van der Waals surface area (Å²) in [5.41, 5.74) is 3.42. The normalized spacial score (nSPS) is 10.3. The fourth-order valence-corrected chi connectivity index (χ4v) is 3.37. The molecule has 21 heavy (non-hydrogen) atoms. The van der Waals surface area contributed by atoms with Gasteiger partial charge >= 0.3 is 0 Å². The van der Waals surface area contributed by atoms with Crippen LogP contribution in [0.2, 0.25) is 0 Å². The van der Waals surface area contributed by atoms with Gasteiger partial charge in [-0.1, -0.05) is 35.9 Å². The highest BCUT2D eigenvalue weighted by atomic mass is 32.2. The van der Waals surface area contributed by atoms with Gasteiger partial charge in [-0.2, -0.15) is 0 Å². The fourth-order valence-electron chi connectivity index (χ4n) is 1.69. The lowest BCUT2D eigenvalue weighted by Gasteiger charge is -2.01. The van der Waals surface area contributed by atoms with E-state index in [4.69, 9.17) is 0 Å². The van der Waals surface area contributed by atoms with Crippen LogP contribution >= 0.6 is 23.1 Å². The summed E-state index contributed by atoms with van der Waals surface area (Å²) in [6.45, 7) is 6.16. The zero-order valence-electron chi connectivity index (χ0n) is 12.0. The molecule has 0 saturated carbocycles. The van der Waals surface area contributed by atoms with Crippen LogP contribution in [0.1, 0.15) is 11.3 Å². The zero-order chi connectivity index (χ0) is 15.1. The van der Waals surface area contributed by atoms with E-state index < -0.39 is 0 Å². The molecule has 2 rings (SSSR count). The number of aromatic nitrogens is 1. The minimum absolute atomic E-state index is 0.0360. The molecule has 0 saturated heterocycles. The van der Waals surface area contributed by atoms with Gasteiger partial charge < -0.3 is 5.32 Å². The van der Waals surface area contributed by atoms with Crippen LogP contribution in [0.5, 0.6) is 0 Å². The number of hydrogen-bond acceptors (Lipinski definition) is 4. The molecule has 0 fully saturated rings. The lowest BCUT2D eigenvalue weighted by Crippen LogP contribution is -2.24. The second-order valence-electron chi connectivity index (χ2n) is 4.60. The summed E-state index contributed by atoms with van der Waals surface area (Å²) < 4.78 is 0. The van der Waals surface area contributed by atoms with Gasteiger partial charge in [0.1, 0.15) is 5.01 Å². The molecule has 1 aromatic heterocycles. The van der Waals surface area contributed by atoms with Crippen LogP contribution < -0.4 is 5.32 Å². The number of nitrogens with zero attached hydrogens (tertiary/aromatic N) is 1. The number of rotatable bonds is 7. The number of benzene rings is 1. The molecular weight excluding hydrogens is 300 g/mol. The molecule has 0 aliphatic rings. The van der Waals surface area contributed by atoms with Crippen LogP contribution in [0, 0.1) is 6.92 Å². The predicted octanol–water partition coefficient (Wildman–Crippen LogP) is 3.65. The van der Waals surface area contributed by atoms with Gasteiger partial charge in [0.05, 0.1) is 11.4 Å². The van der Waals surface area contributed by atoms with Gasteiger partial charge in [-0.25, -0.2) is 4.98 Å². The topological polar surface area (TPSA) is 42.0 Å². The van der Waals surface area contributed by atoms with Crippen molar-refractivity contribution >= 4 is 29.0 Å². The Morgan fingerprint density at radius 2 is 2.19 bits per heavy atom. The van der Waals surface area contributed by atoms with E-state index in [9.17, 15) is 4.79 Å². The number of thioether (sulfide) groups is 1. The first-order valence-corrected chi connectivity index (χ1v) is 8.69. The van der Waals surface area contributed by atoms with Crippen LogP contribution in [-0.2, 0) is 10.5 Å². The fraction of sp³-hybridized carbons (Fsp3) is 0.250. The molecule has 1 N–H and O–H groups in total. The first kappa shape index (κ1) is 15.8. The van der Waals surface area contributed by atoms with Crippen molar-refractivity contribution in [3.8, 4) is 10.6 Å². The number of amides is 1. The number of nitrogens with one attached hydrogen (secondary N) is 1. The van der Waals surface area contributed by atoms with Crippen molar-refractivity contribution in [2.75, 3.05) is 12.3 Å². The summed E-state index contributed by atoms with van der Waals surface area (Å²) in [5.74, 6) is 1.24. The van der Waals surface area contributed by atoms with Gasteiger partial charge in [0.15, 0.2) is 0 Å². The van der Waals surface area contributed by atoms with E-state index in [-0.39, 0.29) is 5.91 Å². The highest BCUT2D eigenvalue weighted by molar-refractivity contribution is 7.99. The minimum Gasteiger partial charge on any atom is -0.352 e. The highest BCUT2D eigenvalue weighted by Gasteiger charge is 2.06. The molecule has 0 aliphatic heterocycles. The van der Waals surface area contributed by atoms with Gasteiger partial charge in [0.25, 0.3) is 0 Å². The van der Waals surface area contributed by atoms with Gasteiger partial charge in [0.2, 0.25) is 5.91 Å². The molecule has 5 heteroatoms. The molecule has 0 radical (unpaired) electrons. The van der Waals surface area contributed by atoms with E-state index in [0.29, 0.717) is 12.3 Å². The van der Waals surface area contributed by atoms with Crippen molar-refractivity contribution in [3.05, 3.63) is 53.6 Å². The van der Waals surface area contributed by atoms with Crippen LogP contribution in [0.4, 0.5) is 0 Å². The van der Waals surface area contributed by atoms with Crippen molar-refractivity contribution in [1.82, 2.24) is 10.3 Å². The van der Waals surface area contributed by atoms with Crippen molar-refractivity contribution < 1.29 is 4.79 Å². The van der Waals surface area contributed by atoms with Crippen molar-refractivity contribution in [3.63, 3.8) is 0 Å². The van der Waals surface area contributed by atoms with Crippen LogP contribution in [0.25, 0.3) is 10.6 Å². The molecular formula is C16H18N2OS2. The van der Waals surface area contributed by atoms with Gasteiger partial charge in [-0.05, 0) is 6.92 Å². The number of aryl methyl sites for hydroxylation is 1. The Kier molecular flexibility index (Phi) is 6.02. The maximum atomic E-state index is 11.5. The van der Waals surface area contributed by atoms with Gasteiger partial charge in [0, 0.05) is 23.2 Å². The van der Waals surface area contributed by atoms with E-state index in [0.717, 1.165) is 22.0 Å². The summed E-state index contributed by atoms with van der Waals surface area (Å²) in [4.78, 5) is 16.1. The average molecular weight is 318 g/mol. The Morgan fingerprint density at radius 1 is 1.43 bits per heavy atom. The zero-order valence-corrected chi connectivity index (χ0v) is 13.6. The molecule has 1 heterocycles. The molecule has 1 amide bonds. The van der Waals surface area contributed by atoms with Crippen molar-refractivity contribution in [2.45, 2.75) is 12.7 Å². The summed E-state index contributed by atoms with van der Waals surface area (Å²) in [5, 5.41) is 5.85. The lowest BCUT2D eigenvalue weighted by molar-refractivity contribution is -0.118. The number of carbonyl (C=O) groups excluding carboxylic acids is 1. The molecule has 3 nitrogen and oxygen atoms in total. The molecule has 0 aliphatic carbocycles. The van der Waals surface area contributed by atoms with Gasteiger partial charge in [-0.15, -0.1) is 29.7 Å². The molecule has 0 unspecified atom stereocenters. The van der Waals surface area contributed by atoms with Crippen LogP contribution in [0.15, 0.2) is 42.3 Å². The summed E-state index contributed by atoms with van der Waals surface area (Å²) >= 11 is 3.22. The monoisotopic (exact) mass is 318 g/mol. The number of thiazole rings is 1. The molecule has 0 bridgehead atoms. The van der Waals surface area contributed by atoms with E-state index in [1.54, 1.807) is 29.2 Å². The minimum atomic E-state index is 0.0360. The molecule has 110 valence electrons. The predicted molar refractivity (Wildman–Crippen MR) is 91.7 cm³/mol. The third kappa shape index (κ3) is 5.02. The number of carbonyl (C=O) groups is 1. The first-order chi connectivity index (χ1) is 10.2. The Balaban J connectivity index is 1.84. The van der Waals surface area contributed by atoms with Crippen molar-refractivity contribution in [1.29, 1.82) is 0 Å². The molecule has 0 atom stereocenters. The second-order valence-corrected chi connectivity index (χ2v) is 6.44. The SMILES string of the molecule is C=CCNC(=O)CSCc1csc(-c2ccc(C)cc2)n1. The third-order valence-corrected chi connectivity index (χ3v) is 4.68. The Morgan fingerprint density at radius 3 is 2.90 bits per heavy atom. The standard InChI is InChI=1S/C16H18N2OS2/c1-3-8-17-15(19)11-20-9-14-10-21-16(18-14)13-6-4-12(2)5-7-13/h3-7,10H,1,8-9,11H2,2H3,(H,17,19). The first-order valence-electron chi connectivity index (χ1n) is 6.66. The van der Waals surface area contributed by atoms with E-state index in [1.165, 1.54) is 5.56 Å². The largest absolute Gasteiger partial charge is 0.352 e. The summed E-state index contributed by atoms with van der Waals surface area (Å²) in [7, 11) is 0. The third-order valence-electron chi connectivity index (χ3n) is 2.78. The second kappa shape index (κ2) is 8.00.